The average molecular weight is 431 g/mol. The van der Waals surface area contributed by atoms with Crippen LogP contribution in [0.3, 0.4) is 0 Å². The first-order chi connectivity index (χ1) is 14.9. The van der Waals surface area contributed by atoms with Gasteiger partial charge in [0.2, 0.25) is 5.88 Å². The fourth-order valence-electron chi connectivity index (χ4n) is 3.23. The highest BCUT2D eigenvalue weighted by molar-refractivity contribution is 6.32. The lowest BCUT2D eigenvalue weighted by molar-refractivity contribution is 0.461. The van der Waals surface area contributed by atoms with Gasteiger partial charge in [0.15, 0.2) is 11.6 Å². The third-order valence-electron chi connectivity index (χ3n) is 4.78. The van der Waals surface area contributed by atoms with E-state index in [0.717, 1.165) is 16.7 Å². The Morgan fingerprint density at radius 1 is 1.03 bits per heavy atom. The van der Waals surface area contributed by atoms with Gasteiger partial charge >= 0.3 is 0 Å². The molecule has 7 nitrogen and oxygen atoms in total. The van der Waals surface area contributed by atoms with Crippen LogP contribution >= 0.6 is 11.6 Å². The summed E-state index contributed by atoms with van der Waals surface area (Å²) in [5.41, 5.74) is 9.60. The van der Waals surface area contributed by atoms with Crippen LogP contribution in [0, 0.1) is 32.1 Å². The van der Waals surface area contributed by atoms with Crippen molar-refractivity contribution in [3.63, 3.8) is 0 Å². The van der Waals surface area contributed by atoms with Crippen molar-refractivity contribution in [3.8, 4) is 34.9 Å². The Morgan fingerprint density at radius 2 is 1.71 bits per heavy atom. The molecular weight excluding hydrogens is 412 g/mol. The van der Waals surface area contributed by atoms with E-state index in [2.05, 4.69) is 21.1 Å². The number of aryl methyl sites for hydroxylation is 3. The molecule has 2 aromatic heterocycles. The van der Waals surface area contributed by atoms with E-state index in [9.17, 15) is 5.26 Å². The van der Waals surface area contributed by atoms with Gasteiger partial charge in [-0.15, -0.1) is 0 Å². The van der Waals surface area contributed by atoms with E-state index in [1.807, 2.05) is 56.3 Å². The lowest BCUT2D eigenvalue weighted by Crippen LogP contribution is -2.07. The average Bonchev–Trinajstić information content (AvgIpc) is 3.05. The van der Waals surface area contributed by atoms with Crippen LogP contribution in [0.4, 0.5) is 5.82 Å². The quantitative estimate of drug-likeness (QED) is 0.480. The largest absolute Gasteiger partial charge is 0.439 e. The SMILES string of the molecule is Cc1cc(Oc2cc(-n3nc(C)c(C#N)c3N)nc(-c3ccccc3)n2)cc(C)c1Cl. The first kappa shape index (κ1) is 20.4. The highest BCUT2D eigenvalue weighted by Crippen LogP contribution is 2.31. The molecule has 0 fully saturated rings. The van der Waals surface area contributed by atoms with Gasteiger partial charge in [0.05, 0.1) is 5.69 Å². The lowest BCUT2D eigenvalue weighted by Gasteiger charge is -2.12. The van der Waals surface area contributed by atoms with Crippen molar-refractivity contribution in [2.45, 2.75) is 20.8 Å². The number of ether oxygens (including phenoxy) is 1. The Morgan fingerprint density at radius 3 is 2.32 bits per heavy atom. The molecule has 0 aliphatic carbocycles. The van der Waals surface area contributed by atoms with Crippen molar-refractivity contribution in [2.75, 3.05) is 5.73 Å². The van der Waals surface area contributed by atoms with E-state index in [0.29, 0.717) is 39.6 Å². The second-order valence-electron chi connectivity index (χ2n) is 7.10. The van der Waals surface area contributed by atoms with Gasteiger partial charge in [-0.3, -0.25) is 0 Å². The monoisotopic (exact) mass is 430 g/mol. The molecule has 0 spiro atoms. The molecule has 31 heavy (non-hydrogen) atoms. The topological polar surface area (TPSA) is 103 Å². The van der Waals surface area contributed by atoms with Gasteiger partial charge in [0.25, 0.3) is 0 Å². The van der Waals surface area contributed by atoms with Crippen molar-refractivity contribution >= 4 is 17.4 Å². The Bertz CT molecular complexity index is 1300. The van der Waals surface area contributed by atoms with Gasteiger partial charge < -0.3 is 10.5 Å². The second-order valence-corrected chi connectivity index (χ2v) is 7.47. The van der Waals surface area contributed by atoms with E-state index < -0.39 is 0 Å². The fourth-order valence-corrected chi connectivity index (χ4v) is 3.34. The number of halogens is 1. The van der Waals surface area contributed by atoms with E-state index in [4.69, 9.17) is 22.1 Å². The molecule has 2 heterocycles. The number of anilines is 1. The minimum atomic E-state index is 0.210. The summed E-state index contributed by atoms with van der Waals surface area (Å²) >= 11 is 6.28. The molecule has 2 N–H and O–H groups in total. The van der Waals surface area contributed by atoms with Gasteiger partial charge in [-0.05, 0) is 44.0 Å². The lowest BCUT2D eigenvalue weighted by atomic mass is 10.1. The first-order valence-electron chi connectivity index (χ1n) is 9.52. The molecule has 0 atom stereocenters. The molecule has 0 bridgehead atoms. The van der Waals surface area contributed by atoms with Crippen LogP contribution in [0.5, 0.6) is 11.6 Å². The predicted octanol–water partition coefficient (Wildman–Crippen LogP) is 5.15. The van der Waals surface area contributed by atoms with Crippen LogP contribution in [-0.4, -0.2) is 19.7 Å². The molecule has 0 aliphatic rings. The maximum Gasteiger partial charge on any atom is 0.225 e. The third-order valence-corrected chi connectivity index (χ3v) is 5.37. The van der Waals surface area contributed by atoms with Gasteiger partial charge in [-0.1, -0.05) is 41.9 Å². The van der Waals surface area contributed by atoms with Crippen LogP contribution in [0.25, 0.3) is 17.2 Å². The minimum absolute atomic E-state index is 0.210. The number of hydrogen-bond donors (Lipinski definition) is 1. The number of hydrogen-bond acceptors (Lipinski definition) is 6. The van der Waals surface area contributed by atoms with E-state index in [1.54, 1.807) is 13.0 Å². The molecule has 4 rings (SSSR count). The molecule has 0 radical (unpaired) electrons. The third kappa shape index (κ3) is 3.93. The normalized spacial score (nSPS) is 10.7. The number of aromatic nitrogens is 4. The van der Waals surface area contributed by atoms with Gasteiger partial charge in [0, 0.05) is 16.7 Å². The molecule has 0 amide bonds. The van der Waals surface area contributed by atoms with Crippen molar-refractivity contribution in [3.05, 3.63) is 75.9 Å². The zero-order chi connectivity index (χ0) is 22.1. The number of nitriles is 1. The number of nitrogens with two attached hydrogens (primary N) is 1. The standard InChI is InChI=1S/C23H19ClN6O/c1-13-9-17(10-14(2)21(13)24)31-20-11-19(30-22(26)18(12-25)15(3)29-30)27-23(28-20)16-7-5-4-6-8-16/h4-11H,26H2,1-3H3. The van der Waals surface area contributed by atoms with Crippen LogP contribution in [0.2, 0.25) is 5.02 Å². The molecule has 2 aromatic carbocycles. The summed E-state index contributed by atoms with van der Waals surface area (Å²) < 4.78 is 7.49. The molecule has 0 aliphatic heterocycles. The molecular formula is C23H19ClN6O. The Kier molecular flexibility index (Phi) is 5.32. The van der Waals surface area contributed by atoms with Crippen molar-refractivity contribution in [1.82, 2.24) is 19.7 Å². The number of rotatable bonds is 4. The summed E-state index contributed by atoms with van der Waals surface area (Å²) in [4.78, 5) is 9.19. The smallest absolute Gasteiger partial charge is 0.225 e. The van der Waals surface area contributed by atoms with Crippen LogP contribution in [0.1, 0.15) is 22.4 Å². The molecule has 4 aromatic rings. The maximum atomic E-state index is 9.36. The summed E-state index contributed by atoms with van der Waals surface area (Å²) in [5, 5.41) is 14.4. The highest BCUT2D eigenvalue weighted by Gasteiger charge is 2.17. The summed E-state index contributed by atoms with van der Waals surface area (Å²) in [6, 6.07) is 16.9. The van der Waals surface area contributed by atoms with Gasteiger partial charge in [0.1, 0.15) is 23.2 Å². The first-order valence-corrected chi connectivity index (χ1v) is 9.90. The summed E-state index contributed by atoms with van der Waals surface area (Å²) in [5.74, 6) is 1.97. The molecule has 0 saturated heterocycles. The highest BCUT2D eigenvalue weighted by atomic mass is 35.5. The predicted molar refractivity (Wildman–Crippen MR) is 119 cm³/mol. The number of nitrogen functional groups attached to an aromatic ring is 1. The number of benzene rings is 2. The minimum Gasteiger partial charge on any atom is -0.439 e. The summed E-state index contributed by atoms with van der Waals surface area (Å²) in [6.45, 7) is 5.56. The Balaban J connectivity index is 1.86. The fraction of sp³-hybridized carbons (Fsp3) is 0.130. The van der Waals surface area contributed by atoms with Gasteiger partial charge in [-0.25, -0.2) is 4.98 Å². The van der Waals surface area contributed by atoms with Gasteiger partial charge in [-0.2, -0.15) is 20.0 Å². The maximum absolute atomic E-state index is 9.36. The molecule has 0 saturated carbocycles. The summed E-state index contributed by atoms with van der Waals surface area (Å²) in [6.07, 6.45) is 0. The summed E-state index contributed by atoms with van der Waals surface area (Å²) in [7, 11) is 0. The van der Waals surface area contributed by atoms with Crippen LogP contribution in [0.15, 0.2) is 48.5 Å². The Labute approximate surface area is 184 Å². The zero-order valence-electron chi connectivity index (χ0n) is 17.2. The van der Waals surface area contributed by atoms with E-state index in [-0.39, 0.29) is 5.82 Å². The second kappa shape index (κ2) is 8.09. The molecule has 8 heteroatoms. The van der Waals surface area contributed by atoms with Crippen molar-refractivity contribution in [1.29, 1.82) is 5.26 Å². The van der Waals surface area contributed by atoms with Crippen LogP contribution < -0.4 is 10.5 Å². The van der Waals surface area contributed by atoms with Crippen molar-refractivity contribution in [2.24, 2.45) is 0 Å². The van der Waals surface area contributed by atoms with E-state index in [1.165, 1.54) is 4.68 Å². The molecule has 154 valence electrons. The molecule has 0 unspecified atom stereocenters. The Hall–Kier alpha value is -3.89. The van der Waals surface area contributed by atoms with Crippen LogP contribution in [-0.2, 0) is 0 Å². The van der Waals surface area contributed by atoms with E-state index >= 15 is 0 Å². The van der Waals surface area contributed by atoms with Crippen molar-refractivity contribution < 1.29 is 4.74 Å². The zero-order valence-corrected chi connectivity index (χ0v) is 18.0. The number of nitrogens with zero attached hydrogens (tertiary/aromatic N) is 5.